The van der Waals surface area contributed by atoms with Crippen molar-refractivity contribution >= 4 is 41.7 Å². The molecule has 1 amide bonds. The fourth-order valence-electron chi connectivity index (χ4n) is 2.49. The Morgan fingerprint density at radius 1 is 1.38 bits per heavy atom. The van der Waals surface area contributed by atoms with Crippen molar-refractivity contribution in [3.63, 3.8) is 0 Å². The van der Waals surface area contributed by atoms with Crippen molar-refractivity contribution in [2.45, 2.75) is 23.5 Å². The molecule has 1 aromatic carbocycles. The number of methoxy groups -OCH3 is 1. The number of carbonyl (C=O) groups excluding carboxylic acids is 2. The van der Waals surface area contributed by atoms with Gasteiger partial charge in [-0.2, -0.15) is 0 Å². The van der Waals surface area contributed by atoms with E-state index in [4.69, 9.17) is 15.2 Å². The maximum Gasteiger partial charge on any atom is 0.339 e. The van der Waals surface area contributed by atoms with Crippen LogP contribution in [-0.2, 0) is 25.7 Å². The summed E-state index contributed by atoms with van der Waals surface area (Å²) in [7, 11) is 1.46. The monoisotopic (exact) mass is 401 g/mol. The van der Waals surface area contributed by atoms with E-state index < -0.39 is 22.4 Å². The van der Waals surface area contributed by atoms with Crippen LogP contribution < -0.4 is 5.73 Å². The van der Waals surface area contributed by atoms with Crippen LogP contribution in [0.4, 0.5) is 5.69 Å². The fraction of sp³-hybridized carbons (Fsp3) is 0.333. The van der Waals surface area contributed by atoms with Gasteiger partial charge in [0.25, 0.3) is 5.69 Å². The molecule has 2 aliphatic rings. The predicted octanol–water partition coefficient (Wildman–Crippen LogP) is 1.16. The van der Waals surface area contributed by atoms with Crippen molar-refractivity contribution in [2.24, 2.45) is 5.73 Å². The Morgan fingerprint density at radius 3 is 2.62 bits per heavy atom. The van der Waals surface area contributed by atoms with Gasteiger partial charge in [0.15, 0.2) is 0 Å². The lowest BCUT2D eigenvalue weighted by Crippen LogP contribution is -2.66. The summed E-state index contributed by atoms with van der Waals surface area (Å²) in [6.45, 7) is -0.0494. The van der Waals surface area contributed by atoms with Crippen molar-refractivity contribution in [1.29, 1.82) is 0 Å². The van der Waals surface area contributed by atoms with Crippen molar-refractivity contribution in [3.05, 3.63) is 51.7 Å². The molecule has 26 heavy (non-hydrogen) atoms. The fourth-order valence-corrected chi connectivity index (χ4v) is 3.74. The summed E-state index contributed by atoms with van der Waals surface area (Å²) in [5, 5.41) is 10.4. The van der Waals surface area contributed by atoms with Crippen molar-refractivity contribution in [3.8, 4) is 0 Å². The molecule has 0 spiro atoms. The Bertz CT molecular complexity index is 756. The van der Waals surface area contributed by atoms with Crippen LogP contribution in [-0.4, -0.2) is 45.7 Å². The molecule has 9 nitrogen and oxygen atoms in total. The van der Waals surface area contributed by atoms with Gasteiger partial charge in [-0.3, -0.25) is 14.9 Å². The van der Waals surface area contributed by atoms with E-state index in [9.17, 15) is 19.7 Å². The van der Waals surface area contributed by atoms with Crippen LogP contribution in [0.1, 0.15) is 5.56 Å². The number of hydrogen-bond acceptors (Lipinski definition) is 8. The molecule has 0 aliphatic carbocycles. The van der Waals surface area contributed by atoms with E-state index in [1.807, 2.05) is 0 Å². The van der Waals surface area contributed by atoms with Crippen LogP contribution in [0.15, 0.2) is 36.0 Å². The first kappa shape index (κ1) is 20.2. The van der Waals surface area contributed by atoms with Gasteiger partial charge in [0.2, 0.25) is 5.91 Å². The summed E-state index contributed by atoms with van der Waals surface area (Å²) < 4.78 is 10.5. The zero-order valence-electron chi connectivity index (χ0n) is 13.6. The Labute approximate surface area is 159 Å². The van der Waals surface area contributed by atoms with Gasteiger partial charge in [0.05, 0.1) is 10.5 Å². The van der Waals surface area contributed by atoms with E-state index in [0.717, 1.165) is 0 Å². The number of thioether (sulfide) groups is 1. The molecule has 1 saturated heterocycles. The normalized spacial score (nSPS) is 23.9. The van der Waals surface area contributed by atoms with E-state index >= 15 is 0 Å². The molecule has 0 saturated carbocycles. The van der Waals surface area contributed by atoms with Gasteiger partial charge in [-0.25, -0.2) is 4.79 Å². The number of β-lactam (4-membered cyclic amide) rings is 1. The quantitative estimate of drug-likeness (QED) is 0.337. The summed E-state index contributed by atoms with van der Waals surface area (Å²) in [5.74, 6) is -0.878. The SMILES string of the molecule is COC1S[C@@H]2C(N)C(=O)N2C=C1C(=O)OCc1ccc([N+](=O)[O-])cc1.Cl. The number of nitro benzene ring substituents is 1. The van der Waals surface area contributed by atoms with Crippen LogP contribution in [0, 0.1) is 10.1 Å². The number of fused-ring (bicyclic) bond motifs is 1. The predicted molar refractivity (Wildman–Crippen MR) is 95.2 cm³/mol. The highest BCUT2D eigenvalue weighted by Crippen LogP contribution is 2.40. The molecule has 1 aromatic rings. The number of ether oxygens (including phenoxy) is 2. The number of hydrogen-bond donors (Lipinski definition) is 1. The number of esters is 1. The molecule has 2 aliphatic heterocycles. The van der Waals surface area contributed by atoms with Crippen LogP contribution in [0.2, 0.25) is 0 Å². The van der Waals surface area contributed by atoms with E-state index in [-0.39, 0.29) is 41.6 Å². The number of rotatable bonds is 5. The summed E-state index contributed by atoms with van der Waals surface area (Å²) >= 11 is 1.27. The second-order valence-corrected chi connectivity index (χ2v) is 6.63. The number of nitrogens with zero attached hydrogens (tertiary/aromatic N) is 2. The average Bonchev–Trinajstić information content (AvgIpc) is 2.64. The van der Waals surface area contributed by atoms with E-state index in [0.29, 0.717) is 5.56 Å². The zero-order chi connectivity index (χ0) is 18.1. The number of nitrogens with two attached hydrogens (primary N) is 1. The van der Waals surface area contributed by atoms with Gasteiger partial charge in [-0.1, -0.05) is 11.8 Å². The Hall–Kier alpha value is -2.14. The molecule has 140 valence electrons. The number of benzene rings is 1. The minimum absolute atomic E-state index is 0. The minimum atomic E-state index is -0.621. The smallest absolute Gasteiger partial charge is 0.339 e. The molecule has 2 unspecified atom stereocenters. The molecule has 0 bridgehead atoms. The van der Waals surface area contributed by atoms with E-state index in [1.165, 1.54) is 54.2 Å². The van der Waals surface area contributed by atoms with E-state index in [1.54, 1.807) is 0 Å². The molecule has 2 N–H and O–H groups in total. The second-order valence-electron chi connectivity index (χ2n) is 5.45. The molecular weight excluding hydrogens is 386 g/mol. The third kappa shape index (κ3) is 3.68. The second kappa shape index (κ2) is 8.04. The maximum atomic E-state index is 12.3. The molecule has 3 atom stereocenters. The summed E-state index contributed by atoms with van der Waals surface area (Å²) in [6.07, 6.45) is 1.42. The van der Waals surface area contributed by atoms with Gasteiger partial charge in [0, 0.05) is 25.4 Å². The van der Waals surface area contributed by atoms with Crippen LogP contribution in [0.3, 0.4) is 0 Å². The van der Waals surface area contributed by atoms with Crippen molar-refractivity contribution in [2.75, 3.05) is 7.11 Å². The summed E-state index contributed by atoms with van der Waals surface area (Å²) in [6, 6.07) is 5.09. The zero-order valence-corrected chi connectivity index (χ0v) is 15.2. The highest BCUT2D eigenvalue weighted by molar-refractivity contribution is 8.00. The van der Waals surface area contributed by atoms with Gasteiger partial charge >= 0.3 is 5.97 Å². The van der Waals surface area contributed by atoms with Crippen molar-refractivity contribution in [1.82, 2.24) is 4.90 Å². The van der Waals surface area contributed by atoms with Crippen LogP contribution >= 0.6 is 24.2 Å². The average molecular weight is 402 g/mol. The third-order valence-electron chi connectivity index (χ3n) is 3.88. The lowest BCUT2D eigenvalue weighted by Gasteiger charge is -2.47. The van der Waals surface area contributed by atoms with Crippen LogP contribution in [0.25, 0.3) is 0 Å². The Morgan fingerprint density at radius 2 is 2.04 bits per heavy atom. The number of nitro groups is 1. The topological polar surface area (TPSA) is 125 Å². The first-order chi connectivity index (χ1) is 11.9. The summed E-state index contributed by atoms with van der Waals surface area (Å²) in [4.78, 5) is 35.6. The van der Waals surface area contributed by atoms with Gasteiger partial charge in [-0.05, 0) is 17.7 Å². The highest BCUT2D eigenvalue weighted by Gasteiger charge is 2.50. The largest absolute Gasteiger partial charge is 0.457 e. The molecule has 2 heterocycles. The first-order valence-electron chi connectivity index (χ1n) is 7.30. The Balaban J connectivity index is 0.00000243. The molecule has 3 rings (SSSR count). The minimum Gasteiger partial charge on any atom is -0.457 e. The lowest BCUT2D eigenvalue weighted by molar-refractivity contribution is -0.384. The maximum absolute atomic E-state index is 12.3. The summed E-state index contributed by atoms with van der Waals surface area (Å²) in [5.41, 5.74) is 5.92. The van der Waals surface area contributed by atoms with Crippen LogP contribution in [0.5, 0.6) is 0 Å². The molecular formula is C15H16ClN3O6S. The lowest BCUT2D eigenvalue weighted by atomic mass is 10.1. The standard InChI is InChI=1S/C15H15N3O6S.ClH/c1-23-15-10(6-17-12(19)11(16)13(17)25-15)14(20)24-7-8-2-4-9(5-3-8)18(21)22;/h2-6,11,13,15H,7,16H2,1H3;1H/t11?,13-,15?;/m1./s1. The number of carbonyl (C=O) groups is 2. The molecule has 1 fully saturated rings. The number of amides is 1. The van der Waals surface area contributed by atoms with E-state index in [2.05, 4.69) is 0 Å². The third-order valence-corrected chi connectivity index (χ3v) is 5.38. The molecule has 11 heteroatoms. The highest BCUT2D eigenvalue weighted by atomic mass is 35.5. The number of halogens is 1. The van der Waals surface area contributed by atoms with Gasteiger partial charge < -0.3 is 20.1 Å². The van der Waals surface area contributed by atoms with Gasteiger partial charge in [-0.15, -0.1) is 12.4 Å². The van der Waals surface area contributed by atoms with Crippen molar-refractivity contribution < 1.29 is 24.0 Å². The number of non-ortho nitro benzene ring substituents is 1. The van der Waals surface area contributed by atoms with Gasteiger partial charge in [0.1, 0.15) is 23.5 Å². The Kier molecular flexibility index (Phi) is 6.24. The molecule has 0 radical (unpaired) electrons. The first-order valence-corrected chi connectivity index (χ1v) is 8.25. The molecule has 0 aromatic heterocycles.